The van der Waals surface area contributed by atoms with Crippen LogP contribution in [0.3, 0.4) is 0 Å². The smallest absolute Gasteiger partial charge is 0.225 e. The van der Waals surface area contributed by atoms with E-state index < -0.39 is 0 Å². The van der Waals surface area contributed by atoms with Crippen LogP contribution in [0.2, 0.25) is 5.02 Å². The molecule has 4 nitrogen and oxygen atoms in total. The highest BCUT2D eigenvalue weighted by molar-refractivity contribution is 6.31. The second kappa shape index (κ2) is 9.09. The fraction of sp³-hybridized carbons (Fsp3) is 0.316. The highest BCUT2D eigenvalue weighted by Crippen LogP contribution is 2.33. The maximum absolute atomic E-state index is 12.7. The standard InChI is InChI=1S/C19H21ClN2O2.ClH/c1-24-17-9-5-3-7-15(17)18(14-6-2-4-8-16(14)20)22-19(23)13-10-11-21-12-13;/h2-9,13,18,21H,10-12H2,1H3,(H,22,23);1H. The highest BCUT2D eigenvalue weighted by atomic mass is 35.5. The van der Waals surface area contributed by atoms with Crippen molar-refractivity contribution in [2.45, 2.75) is 12.5 Å². The van der Waals surface area contributed by atoms with Crippen molar-refractivity contribution in [1.82, 2.24) is 10.6 Å². The zero-order chi connectivity index (χ0) is 16.9. The van der Waals surface area contributed by atoms with Gasteiger partial charge in [0.05, 0.1) is 19.1 Å². The third kappa shape index (κ3) is 4.46. The number of carbonyl (C=O) groups is 1. The predicted octanol–water partition coefficient (Wildman–Crippen LogP) is 3.59. The molecule has 6 heteroatoms. The Kier molecular flexibility index (Phi) is 7.12. The summed E-state index contributed by atoms with van der Waals surface area (Å²) in [6.45, 7) is 1.59. The van der Waals surface area contributed by atoms with Crippen LogP contribution in [0.4, 0.5) is 0 Å². The minimum atomic E-state index is -0.344. The van der Waals surface area contributed by atoms with Crippen molar-refractivity contribution in [3.8, 4) is 5.75 Å². The van der Waals surface area contributed by atoms with Crippen molar-refractivity contribution < 1.29 is 9.53 Å². The van der Waals surface area contributed by atoms with Crippen LogP contribution in [0.25, 0.3) is 0 Å². The Morgan fingerprint density at radius 3 is 2.52 bits per heavy atom. The van der Waals surface area contributed by atoms with E-state index in [4.69, 9.17) is 16.3 Å². The van der Waals surface area contributed by atoms with Gasteiger partial charge in [0, 0.05) is 17.1 Å². The monoisotopic (exact) mass is 380 g/mol. The Balaban J connectivity index is 0.00000225. The Labute approximate surface area is 159 Å². The molecule has 134 valence electrons. The Hall–Kier alpha value is -1.75. The molecule has 1 heterocycles. The molecule has 0 aromatic heterocycles. The third-order valence-corrected chi connectivity index (χ3v) is 4.73. The third-order valence-electron chi connectivity index (χ3n) is 4.38. The molecule has 3 rings (SSSR count). The fourth-order valence-corrected chi connectivity index (χ4v) is 3.32. The van der Waals surface area contributed by atoms with Gasteiger partial charge in [0.2, 0.25) is 5.91 Å². The number of hydrogen-bond acceptors (Lipinski definition) is 3. The van der Waals surface area contributed by atoms with Gasteiger partial charge in [-0.1, -0.05) is 48.0 Å². The van der Waals surface area contributed by atoms with Crippen LogP contribution in [-0.2, 0) is 4.79 Å². The summed E-state index contributed by atoms with van der Waals surface area (Å²) in [6, 6.07) is 14.9. The Morgan fingerprint density at radius 1 is 1.20 bits per heavy atom. The Morgan fingerprint density at radius 2 is 1.88 bits per heavy atom. The van der Waals surface area contributed by atoms with E-state index in [-0.39, 0.29) is 30.3 Å². The van der Waals surface area contributed by atoms with Gasteiger partial charge >= 0.3 is 0 Å². The first kappa shape index (κ1) is 19.6. The summed E-state index contributed by atoms with van der Waals surface area (Å²) in [5.74, 6) is 0.757. The topological polar surface area (TPSA) is 50.4 Å². The van der Waals surface area contributed by atoms with E-state index in [9.17, 15) is 4.79 Å². The summed E-state index contributed by atoms with van der Waals surface area (Å²) in [7, 11) is 1.63. The van der Waals surface area contributed by atoms with Crippen LogP contribution in [-0.4, -0.2) is 26.1 Å². The number of methoxy groups -OCH3 is 1. The minimum Gasteiger partial charge on any atom is -0.496 e. The lowest BCUT2D eigenvalue weighted by atomic mass is 9.96. The van der Waals surface area contributed by atoms with Gasteiger partial charge in [-0.15, -0.1) is 12.4 Å². The maximum Gasteiger partial charge on any atom is 0.225 e. The largest absolute Gasteiger partial charge is 0.496 e. The molecule has 1 saturated heterocycles. The number of benzene rings is 2. The molecule has 25 heavy (non-hydrogen) atoms. The van der Waals surface area contributed by atoms with Gasteiger partial charge in [-0.2, -0.15) is 0 Å². The molecule has 0 bridgehead atoms. The van der Waals surface area contributed by atoms with E-state index >= 15 is 0 Å². The van der Waals surface area contributed by atoms with Crippen LogP contribution in [0.1, 0.15) is 23.6 Å². The van der Waals surface area contributed by atoms with E-state index in [1.54, 1.807) is 7.11 Å². The number of hydrogen-bond donors (Lipinski definition) is 2. The number of nitrogens with one attached hydrogen (secondary N) is 2. The van der Waals surface area contributed by atoms with E-state index in [2.05, 4.69) is 10.6 Å². The van der Waals surface area contributed by atoms with Crippen LogP contribution in [0.5, 0.6) is 5.75 Å². The summed E-state index contributed by atoms with van der Waals surface area (Å²) < 4.78 is 5.49. The van der Waals surface area contributed by atoms with Gasteiger partial charge < -0.3 is 15.4 Å². The molecule has 2 atom stereocenters. The van der Waals surface area contributed by atoms with Crippen molar-refractivity contribution in [2.24, 2.45) is 5.92 Å². The van der Waals surface area contributed by atoms with Gasteiger partial charge in [0.25, 0.3) is 0 Å². The van der Waals surface area contributed by atoms with Crippen LogP contribution in [0.15, 0.2) is 48.5 Å². The average molecular weight is 381 g/mol. The first-order valence-electron chi connectivity index (χ1n) is 8.09. The molecule has 0 radical (unpaired) electrons. The van der Waals surface area contributed by atoms with Gasteiger partial charge in [-0.25, -0.2) is 0 Å². The van der Waals surface area contributed by atoms with Crippen molar-refractivity contribution in [3.63, 3.8) is 0 Å². The molecule has 2 aromatic carbocycles. The zero-order valence-electron chi connectivity index (χ0n) is 14.0. The molecular formula is C19H22Cl2N2O2. The Bertz CT molecular complexity index is 718. The number of para-hydroxylation sites is 1. The molecule has 1 fully saturated rings. The van der Waals surface area contributed by atoms with Crippen LogP contribution >= 0.6 is 24.0 Å². The molecule has 1 aliphatic rings. The quantitative estimate of drug-likeness (QED) is 0.833. The summed E-state index contributed by atoms with van der Waals surface area (Å²) in [5.41, 5.74) is 1.76. The van der Waals surface area contributed by atoms with E-state index in [1.165, 1.54) is 0 Å². The summed E-state index contributed by atoms with van der Waals surface area (Å²) in [6.07, 6.45) is 0.854. The van der Waals surface area contributed by atoms with Crippen molar-refractivity contribution in [3.05, 3.63) is 64.7 Å². The number of rotatable bonds is 5. The number of halogens is 2. The SMILES string of the molecule is COc1ccccc1C(NC(=O)C1CCNC1)c1ccccc1Cl.Cl. The summed E-state index contributed by atoms with van der Waals surface area (Å²) in [4.78, 5) is 12.7. The number of carbonyl (C=O) groups excluding carboxylic acids is 1. The van der Waals surface area contributed by atoms with Crippen molar-refractivity contribution >= 4 is 29.9 Å². The van der Waals surface area contributed by atoms with Gasteiger partial charge in [-0.05, 0) is 30.7 Å². The van der Waals surface area contributed by atoms with Crippen LogP contribution < -0.4 is 15.4 Å². The first-order valence-corrected chi connectivity index (χ1v) is 8.47. The molecular weight excluding hydrogens is 359 g/mol. The first-order chi connectivity index (χ1) is 11.7. The molecule has 2 unspecified atom stereocenters. The number of amides is 1. The summed E-state index contributed by atoms with van der Waals surface area (Å²) >= 11 is 6.40. The highest BCUT2D eigenvalue weighted by Gasteiger charge is 2.28. The number of ether oxygens (including phenoxy) is 1. The molecule has 0 spiro atoms. The molecule has 0 saturated carbocycles. The predicted molar refractivity (Wildman–Crippen MR) is 103 cm³/mol. The van der Waals surface area contributed by atoms with Crippen molar-refractivity contribution in [2.75, 3.05) is 20.2 Å². The molecule has 1 amide bonds. The normalized spacial score (nSPS) is 17.4. The molecule has 2 aromatic rings. The summed E-state index contributed by atoms with van der Waals surface area (Å²) in [5, 5.41) is 7.02. The minimum absolute atomic E-state index is 0. The molecule has 2 N–H and O–H groups in total. The molecule has 1 aliphatic heterocycles. The lowest BCUT2D eigenvalue weighted by molar-refractivity contribution is -0.124. The van der Waals surface area contributed by atoms with E-state index in [0.29, 0.717) is 11.6 Å². The van der Waals surface area contributed by atoms with E-state index in [1.807, 2.05) is 48.5 Å². The van der Waals surface area contributed by atoms with Gasteiger partial charge in [0.1, 0.15) is 5.75 Å². The molecule has 0 aliphatic carbocycles. The lowest BCUT2D eigenvalue weighted by Gasteiger charge is -2.24. The van der Waals surface area contributed by atoms with Crippen LogP contribution in [0, 0.1) is 5.92 Å². The maximum atomic E-state index is 12.7. The second-order valence-corrected chi connectivity index (χ2v) is 6.30. The van der Waals surface area contributed by atoms with Gasteiger partial charge in [-0.3, -0.25) is 4.79 Å². The van der Waals surface area contributed by atoms with Crippen molar-refractivity contribution in [1.29, 1.82) is 0 Å². The van der Waals surface area contributed by atoms with E-state index in [0.717, 1.165) is 29.8 Å². The zero-order valence-corrected chi connectivity index (χ0v) is 15.6. The fourth-order valence-electron chi connectivity index (χ4n) is 3.08. The lowest BCUT2D eigenvalue weighted by Crippen LogP contribution is -2.35. The average Bonchev–Trinajstić information content (AvgIpc) is 3.15. The van der Waals surface area contributed by atoms with Gasteiger partial charge in [0.15, 0.2) is 0 Å². The second-order valence-electron chi connectivity index (χ2n) is 5.89.